The number of carbonyl (C=O) groups excluding carboxylic acids is 2. The number of unbranched alkanes of at least 4 members (excludes halogenated alkanes) is 2. The molecule has 0 aliphatic rings. The first-order chi connectivity index (χ1) is 19.6. The van der Waals surface area contributed by atoms with Crippen LogP contribution in [-0.2, 0) is 27.8 Å². The number of carbonyl (C=O) groups is 2. The molecule has 0 aliphatic heterocycles. The highest BCUT2D eigenvalue weighted by atomic mass is 16.2. The van der Waals surface area contributed by atoms with Crippen LogP contribution in [0.15, 0.2) is 79.0 Å². The van der Waals surface area contributed by atoms with Crippen molar-refractivity contribution in [2.24, 2.45) is 5.73 Å². The van der Waals surface area contributed by atoms with Crippen molar-refractivity contribution in [1.82, 2.24) is 20.1 Å². The number of anilines is 1. The molecule has 4 rings (SSSR count). The van der Waals surface area contributed by atoms with Gasteiger partial charge in [0.25, 0.3) is 0 Å². The fourth-order valence-electron chi connectivity index (χ4n) is 4.71. The van der Waals surface area contributed by atoms with Crippen molar-refractivity contribution < 1.29 is 9.59 Å². The Labute approximate surface area is 242 Å². The summed E-state index contributed by atoms with van der Waals surface area (Å²) >= 11 is 0. The average Bonchev–Trinajstić information content (AvgIpc) is 3.38. The van der Waals surface area contributed by atoms with E-state index in [4.69, 9.17) is 16.6 Å². The summed E-state index contributed by atoms with van der Waals surface area (Å²) in [7, 11) is 0. The Kier molecular flexibility index (Phi) is 9.55. The maximum Gasteiger partial charge on any atom is 0.240 e. The lowest BCUT2D eigenvalue weighted by atomic mass is 9.87. The van der Waals surface area contributed by atoms with E-state index in [0.29, 0.717) is 24.9 Å². The lowest BCUT2D eigenvalue weighted by Gasteiger charge is -2.19. The van der Waals surface area contributed by atoms with Gasteiger partial charge in [-0.15, -0.1) is 0 Å². The van der Waals surface area contributed by atoms with Gasteiger partial charge in [-0.1, -0.05) is 57.5 Å². The average molecular weight is 553 g/mol. The van der Waals surface area contributed by atoms with Crippen molar-refractivity contribution in [2.45, 2.75) is 70.8 Å². The molecule has 1 atom stereocenters. The summed E-state index contributed by atoms with van der Waals surface area (Å²) < 4.78 is 2.00. The van der Waals surface area contributed by atoms with Gasteiger partial charge >= 0.3 is 0 Å². The summed E-state index contributed by atoms with van der Waals surface area (Å²) in [6.45, 7) is 6.61. The number of nitrogens with zero attached hydrogens (tertiary/aromatic N) is 3. The smallest absolute Gasteiger partial charge is 0.240 e. The third-order valence-electron chi connectivity index (χ3n) is 7.12. The zero-order valence-electron chi connectivity index (χ0n) is 24.1. The second kappa shape index (κ2) is 13.3. The number of hydrogen-bond acceptors (Lipinski definition) is 5. The molecule has 41 heavy (non-hydrogen) atoms. The van der Waals surface area contributed by atoms with Crippen LogP contribution < -0.4 is 16.8 Å². The molecule has 0 saturated heterocycles. The minimum Gasteiger partial charge on any atom is -0.399 e. The van der Waals surface area contributed by atoms with Gasteiger partial charge < -0.3 is 16.8 Å². The van der Waals surface area contributed by atoms with E-state index < -0.39 is 11.9 Å². The number of aryl methyl sites for hydroxylation is 1. The maximum atomic E-state index is 12.6. The molecule has 2 heterocycles. The van der Waals surface area contributed by atoms with Crippen LogP contribution in [0.1, 0.15) is 63.3 Å². The molecule has 0 saturated carbocycles. The largest absolute Gasteiger partial charge is 0.399 e. The maximum absolute atomic E-state index is 12.6. The van der Waals surface area contributed by atoms with Gasteiger partial charge in [0.2, 0.25) is 11.8 Å². The van der Waals surface area contributed by atoms with Crippen LogP contribution >= 0.6 is 0 Å². The van der Waals surface area contributed by atoms with Gasteiger partial charge in [-0.05, 0) is 78.3 Å². The molecular formula is C33H40N6O2. The Bertz CT molecular complexity index is 1440. The van der Waals surface area contributed by atoms with E-state index in [1.807, 2.05) is 35.0 Å². The van der Waals surface area contributed by atoms with Gasteiger partial charge in [0.05, 0.1) is 11.4 Å². The van der Waals surface area contributed by atoms with Gasteiger partial charge in [-0.25, -0.2) is 4.68 Å². The van der Waals surface area contributed by atoms with E-state index in [1.165, 1.54) is 5.56 Å². The Balaban J connectivity index is 1.35. The van der Waals surface area contributed by atoms with Gasteiger partial charge in [-0.2, -0.15) is 5.10 Å². The van der Waals surface area contributed by atoms with Crippen molar-refractivity contribution >= 4 is 17.5 Å². The molecule has 2 amide bonds. The monoisotopic (exact) mass is 552 g/mol. The van der Waals surface area contributed by atoms with Gasteiger partial charge in [-0.3, -0.25) is 14.6 Å². The third kappa shape index (κ3) is 8.27. The number of primary amides is 1. The molecular weight excluding hydrogens is 512 g/mol. The highest BCUT2D eigenvalue weighted by molar-refractivity contribution is 5.86. The Morgan fingerprint density at radius 2 is 1.66 bits per heavy atom. The molecule has 4 aromatic rings. The molecule has 8 heteroatoms. The lowest BCUT2D eigenvalue weighted by molar-refractivity contribution is -0.127. The summed E-state index contributed by atoms with van der Waals surface area (Å²) in [5.41, 5.74) is 17.9. The summed E-state index contributed by atoms with van der Waals surface area (Å²) in [5.74, 6) is -0.728. The number of rotatable bonds is 12. The predicted octanol–water partition coefficient (Wildman–Crippen LogP) is 5.13. The topological polar surface area (TPSA) is 129 Å². The second-order valence-electron chi connectivity index (χ2n) is 11.5. The lowest BCUT2D eigenvalue weighted by Crippen LogP contribution is -2.45. The van der Waals surface area contributed by atoms with Crippen LogP contribution in [0.2, 0.25) is 0 Å². The number of pyridine rings is 1. The van der Waals surface area contributed by atoms with Crippen LogP contribution in [0.25, 0.3) is 17.1 Å². The molecule has 0 bridgehead atoms. The number of amides is 2. The van der Waals surface area contributed by atoms with Gasteiger partial charge in [0.1, 0.15) is 11.7 Å². The summed E-state index contributed by atoms with van der Waals surface area (Å²) in [4.78, 5) is 29.0. The number of aromatic nitrogens is 3. The summed E-state index contributed by atoms with van der Waals surface area (Å²) in [6.07, 6.45) is 5.71. The molecule has 214 valence electrons. The first-order valence-corrected chi connectivity index (χ1v) is 14.1. The Morgan fingerprint density at radius 3 is 2.29 bits per heavy atom. The van der Waals surface area contributed by atoms with Crippen LogP contribution in [0.5, 0.6) is 0 Å². The fraction of sp³-hybridized carbons (Fsp3) is 0.333. The Morgan fingerprint density at radius 1 is 0.927 bits per heavy atom. The molecule has 2 aromatic heterocycles. The zero-order chi connectivity index (χ0) is 29.4. The van der Waals surface area contributed by atoms with Crippen molar-refractivity contribution in [3.63, 3.8) is 0 Å². The number of nitrogens with two attached hydrogens (primary N) is 2. The number of nitrogens with one attached hydrogen (secondary N) is 1. The standard InChI is InChI=1S/C33H40N6O2/c1-33(2,3)24-14-18-26(19-15-24)39-27(22-29(38-39)28-10-7-8-20-36-28)9-5-4-6-11-31(40)37-30(32(35)41)21-23-12-16-25(34)17-13-23/h7-8,10,12-20,22,30H,4-6,9,11,21,34H2,1-3H3,(H2,35,41)(H,37,40)/t30-/m0/s1. The molecule has 0 fully saturated rings. The van der Waals surface area contributed by atoms with E-state index in [2.05, 4.69) is 61.4 Å². The van der Waals surface area contributed by atoms with Crippen LogP contribution in [0.4, 0.5) is 5.69 Å². The minimum absolute atomic E-state index is 0.0739. The van der Waals surface area contributed by atoms with E-state index in [0.717, 1.165) is 47.6 Å². The number of nitrogen functional groups attached to an aromatic ring is 1. The van der Waals surface area contributed by atoms with E-state index in [1.54, 1.807) is 18.3 Å². The molecule has 0 spiro atoms. The zero-order valence-corrected chi connectivity index (χ0v) is 24.1. The molecule has 0 unspecified atom stereocenters. The molecule has 5 N–H and O–H groups in total. The molecule has 0 radical (unpaired) electrons. The van der Waals surface area contributed by atoms with Crippen LogP contribution in [0.3, 0.4) is 0 Å². The van der Waals surface area contributed by atoms with Gasteiger partial charge in [0, 0.05) is 30.4 Å². The molecule has 8 nitrogen and oxygen atoms in total. The number of benzene rings is 2. The SMILES string of the molecule is CC(C)(C)c1ccc(-n2nc(-c3ccccn3)cc2CCCCCC(=O)N[C@@H](Cc2ccc(N)cc2)C(N)=O)cc1. The minimum atomic E-state index is -0.754. The number of hydrogen-bond donors (Lipinski definition) is 3. The highest BCUT2D eigenvalue weighted by Crippen LogP contribution is 2.26. The van der Waals surface area contributed by atoms with Crippen LogP contribution in [0, 0.1) is 0 Å². The third-order valence-corrected chi connectivity index (χ3v) is 7.12. The summed E-state index contributed by atoms with van der Waals surface area (Å²) in [6, 6.07) is 22.9. The van der Waals surface area contributed by atoms with Crippen molar-refractivity contribution in [1.29, 1.82) is 0 Å². The quantitative estimate of drug-likeness (QED) is 0.166. The summed E-state index contributed by atoms with van der Waals surface area (Å²) in [5, 5.41) is 7.69. The fourth-order valence-corrected chi connectivity index (χ4v) is 4.71. The first kappa shape index (κ1) is 29.5. The van der Waals surface area contributed by atoms with Crippen molar-refractivity contribution in [2.75, 3.05) is 5.73 Å². The predicted molar refractivity (Wildman–Crippen MR) is 163 cm³/mol. The Hall–Kier alpha value is -4.46. The van der Waals surface area contributed by atoms with E-state index in [-0.39, 0.29) is 11.3 Å². The molecule has 0 aliphatic carbocycles. The van der Waals surface area contributed by atoms with E-state index in [9.17, 15) is 9.59 Å². The van der Waals surface area contributed by atoms with E-state index >= 15 is 0 Å². The highest BCUT2D eigenvalue weighted by Gasteiger charge is 2.19. The first-order valence-electron chi connectivity index (χ1n) is 14.1. The molecule has 2 aromatic carbocycles. The van der Waals surface area contributed by atoms with Crippen molar-refractivity contribution in [3.8, 4) is 17.1 Å². The normalized spacial score (nSPS) is 12.2. The second-order valence-corrected chi connectivity index (χ2v) is 11.5. The van der Waals surface area contributed by atoms with Crippen LogP contribution in [-0.4, -0.2) is 32.6 Å². The van der Waals surface area contributed by atoms with Gasteiger partial charge in [0.15, 0.2) is 0 Å². The van der Waals surface area contributed by atoms with Crippen molar-refractivity contribution in [3.05, 3.63) is 95.8 Å².